The molecule has 8 nitrogen and oxygen atoms in total. The smallest absolute Gasteiger partial charge is 0.238 e. The third-order valence-electron chi connectivity index (χ3n) is 5.84. The van der Waals surface area contributed by atoms with Crippen LogP contribution in [0, 0.1) is 0 Å². The molecule has 1 heterocycles. The van der Waals surface area contributed by atoms with E-state index in [2.05, 4.69) is 17.1 Å². The van der Waals surface area contributed by atoms with Crippen LogP contribution < -0.4 is 19.5 Å². The lowest BCUT2D eigenvalue weighted by atomic mass is 10.1. The van der Waals surface area contributed by atoms with Crippen LogP contribution in [0.4, 0.5) is 5.69 Å². The van der Waals surface area contributed by atoms with Gasteiger partial charge in [0.05, 0.1) is 34.3 Å². The van der Waals surface area contributed by atoms with E-state index in [1.165, 1.54) is 0 Å². The number of carbonyl (C=O) groups is 2. The molecule has 2 aromatic carbocycles. The summed E-state index contributed by atoms with van der Waals surface area (Å²) in [5, 5.41) is 3.01. The topological polar surface area (TPSA) is 80.3 Å². The monoisotopic (exact) mass is 455 g/mol. The minimum Gasteiger partial charge on any atom is -0.493 e. The van der Waals surface area contributed by atoms with Gasteiger partial charge >= 0.3 is 0 Å². The predicted octanol–water partition coefficient (Wildman–Crippen LogP) is 2.60. The molecule has 1 aliphatic heterocycles. The van der Waals surface area contributed by atoms with Crippen molar-refractivity contribution in [1.29, 1.82) is 0 Å². The summed E-state index contributed by atoms with van der Waals surface area (Å²) in [7, 11) is 4.66. The van der Waals surface area contributed by atoms with Gasteiger partial charge in [0.25, 0.3) is 0 Å². The summed E-state index contributed by atoms with van der Waals surface area (Å²) in [5.41, 5.74) is 2.78. The van der Waals surface area contributed by atoms with Gasteiger partial charge in [-0.15, -0.1) is 0 Å². The molecule has 33 heavy (non-hydrogen) atoms. The molecule has 0 aromatic heterocycles. The number of hydrogen-bond donors (Lipinski definition) is 1. The number of hydrogen-bond acceptors (Lipinski definition) is 6. The fraction of sp³-hybridized carbons (Fsp3) is 0.440. The zero-order valence-electron chi connectivity index (χ0n) is 19.8. The van der Waals surface area contributed by atoms with Crippen LogP contribution in [0.1, 0.15) is 18.1 Å². The first kappa shape index (κ1) is 24.4. The van der Waals surface area contributed by atoms with Gasteiger partial charge in [0.15, 0.2) is 11.5 Å². The third kappa shape index (κ3) is 6.16. The lowest BCUT2D eigenvalue weighted by molar-refractivity contribution is -0.132. The molecule has 0 unspecified atom stereocenters. The second-order valence-electron chi connectivity index (χ2n) is 7.93. The first-order valence-corrected chi connectivity index (χ1v) is 11.2. The lowest BCUT2D eigenvalue weighted by Crippen LogP contribution is -2.50. The van der Waals surface area contributed by atoms with Crippen LogP contribution in [0.3, 0.4) is 0 Å². The van der Waals surface area contributed by atoms with Crippen molar-refractivity contribution in [2.24, 2.45) is 0 Å². The Balaban J connectivity index is 1.52. The summed E-state index contributed by atoms with van der Waals surface area (Å²) < 4.78 is 16.1. The third-order valence-corrected chi connectivity index (χ3v) is 5.84. The highest BCUT2D eigenvalue weighted by atomic mass is 16.5. The maximum Gasteiger partial charge on any atom is 0.238 e. The van der Waals surface area contributed by atoms with Gasteiger partial charge in [0.2, 0.25) is 17.6 Å². The largest absolute Gasteiger partial charge is 0.493 e. The molecule has 1 N–H and O–H groups in total. The number of piperazine rings is 1. The summed E-state index contributed by atoms with van der Waals surface area (Å²) in [6, 6.07) is 11.4. The van der Waals surface area contributed by atoms with Crippen LogP contribution in [0.5, 0.6) is 17.2 Å². The van der Waals surface area contributed by atoms with Gasteiger partial charge < -0.3 is 24.4 Å². The Kier molecular flexibility index (Phi) is 8.54. The van der Waals surface area contributed by atoms with Crippen molar-refractivity contribution in [3.05, 3.63) is 47.5 Å². The Morgan fingerprint density at radius 2 is 1.58 bits per heavy atom. The minimum atomic E-state index is -0.0342. The fourth-order valence-corrected chi connectivity index (χ4v) is 4.02. The number of amides is 2. The van der Waals surface area contributed by atoms with Crippen molar-refractivity contribution in [2.75, 3.05) is 59.4 Å². The van der Waals surface area contributed by atoms with Crippen molar-refractivity contribution in [3.63, 3.8) is 0 Å². The maximum absolute atomic E-state index is 12.9. The number of anilines is 1. The molecule has 0 saturated carbocycles. The van der Waals surface area contributed by atoms with Crippen molar-refractivity contribution in [1.82, 2.24) is 9.80 Å². The summed E-state index contributed by atoms with van der Waals surface area (Å²) in [6.45, 7) is 4.87. The molecule has 0 aliphatic carbocycles. The molecule has 2 aromatic rings. The Morgan fingerprint density at radius 1 is 0.939 bits per heavy atom. The Bertz CT molecular complexity index is 945. The fourth-order valence-electron chi connectivity index (χ4n) is 4.02. The van der Waals surface area contributed by atoms with Gasteiger partial charge in [-0.1, -0.05) is 25.1 Å². The molecule has 1 saturated heterocycles. The van der Waals surface area contributed by atoms with Gasteiger partial charge in [-0.3, -0.25) is 14.5 Å². The van der Waals surface area contributed by atoms with Crippen LogP contribution in [-0.2, 0) is 22.4 Å². The van der Waals surface area contributed by atoms with Gasteiger partial charge in [-0.25, -0.2) is 0 Å². The first-order valence-electron chi connectivity index (χ1n) is 11.2. The first-order chi connectivity index (χ1) is 16.0. The summed E-state index contributed by atoms with van der Waals surface area (Å²) >= 11 is 0. The van der Waals surface area contributed by atoms with Gasteiger partial charge in [0, 0.05) is 31.9 Å². The summed E-state index contributed by atoms with van der Waals surface area (Å²) in [6.07, 6.45) is 1.11. The van der Waals surface area contributed by atoms with Crippen molar-refractivity contribution in [2.45, 2.75) is 19.8 Å². The number of aryl methyl sites for hydroxylation is 1. The molecule has 0 spiro atoms. The Hall–Kier alpha value is -3.26. The quantitative estimate of drug-likeness (QED) is 0.626. The molecule has 1 aliphatic rings. The van der Waals surface area contributed by atoms with E-state index in [9.17, 15) is 9.59 Å². The van der Waals surface area contributed by atoms with E-state index in [4.69, 9.17) is 14.2 Å². The average Bonchev–Trinajstić information content (AvgIpc) is 2.84. The van der Waals surface area contributed by atoms with Crippen LogP contribution in [0.15, 0.2) is 36.4 Å². The molecule has 0 bridgehead atoms. The Labute approximate surface area is 195 Å². The number of nitrogens with zero attached hydrogens (tertiary/aromatic N) is 2. The second-order valence-corrected chi connectivity index (χ2v) is 7.93. The lowest BCUT2D eigenvalue weighted by Gasteiger charge is -2.34. The van der Waals surface area contributed by atoms with Crippen LogP contribution in [0.2, 0.25) is 0 Å². The highest BCUT2D eigenvalue weighted by molar-refractivity contribution is 5.93. The molecule has 178 valence electrons. The number of methoxy groups -OCH3 is 3. The molecule has 3 rings (SSSR count). The average molecular weight is 456 g/mol. The van der Waals surface area contributed by atoms with E-state index in [-0.39, 0.29) is 18.2 Å². The molecule has 8 heteroatoms. The SMILES string of the molecule is CCc1ccccc1NC(=O)CN1CCN(C(=O)Cc2cc(OC)c(OC)c(OC)c2)CC1. The number of nitrogens with one attached hydrogen (secondary N) is 1. The molecular weight excluding hydrogens is 422 g/mol. The van der Waals surface area contributed by atoms with E-state index in [0.717, 1.165) is 23.2 Å². The molecular formula is C25H33N3O5. The van der Waals surface area contributed by atoms with Crippen LogP contribution >= 0.6 is 0 Å². The minimum absolute atomic E-state index is 0.0326. The summed E-state index contributed by atoms with van der Waals surface area (Å²) in [4.78, 5) is 29.3. The Morgan fingerprint density at radius 3 is 2.15 bits per heavy atom. The van der Waals surface area contributed by atoms with Crippen molar-refractivity contribution < 1.29 is 23.8 Å². The molecule has 0 atom stereocenters. The predicted molar refractivity (Wildman–Crippen MR) is 127 cm³/mol. The van der Waals surface area contributed by atoms with Gasteiger partial charge in [0.1, 0.15) is 0 Å². The number of benzene rings is 2. The normalized spacial score (nSPS) is 14.0. The number of rotatable bonds is 9. The molecule has 1 fully saturated rings. The summed E-state index contributed by atoms with van der Waals surface area (Å²) in [5.74, 6) is 1.56. The van der Waals surface area contributed by atoms with Crippen molar-refractivity contribution >= 4 is 17.5 Å². The van der Waals surface area contributed by atoms with Crippen LogP contribution in [-0.4, -0.2) is 75.7 Å². The zero-order valence-corrected chi connectivity index (χ0v) is 19.8. The molecule has 2 amide bonds. The second kappa shape index (κ2) is 11.6. The van der Waals surface area contributed by atoms with E-state index in [0.29, 0.717) is 50.0 Å². The zero-order chi connectivity index (χ0) is 23.8. The highest BCUT2D eigenvalue weighted by Crippen LogP contribution is 2.38. The number of para-hydroxylation sites is 1. The van der Waals surface area contributed by atoms with Gasteiger partial charge in [-0.05, 0) is 35.7 Å². The van der Waals surface area contributed by atoms with E-state index < -0.39 is 0 Å². The highest BCUT2D eigenvalue weighted by Gasteiger charge is 2.23. The number of ether oxygens (including phenoxy) is 3. The number of carbonyl (C=O) groups excluding carboxylic acids is 2. The van der Waals surface area contributed by atoms with Crippen molar-refractivity contribution in [3.8, 4) is 17.2 Å². The van der Waals surface area contributed by atoms with E-state index >= 15 is 0 Å². The van der Waals surface area contributed by atoms with Gasteiger partial charge in [-0.2, -0.15) is 0 Å². The maximum atomic E-state index is 12.9. The van der Waals surface area contributed by atoms with Crippen LogP contribution in [0.25, 0.3) is 0 Å². The van der Waals surface area contributed by atoms with E-state index in [1.54, 1.807) is 33.5 Å². The molecule has 0 radical (unpaired) electrons. The standard InChI is InChI=1S/C25H33N3O5/c1-5-19-8-6-7-9-20(19)26-23(29)17-27-10-12-28(13-11-27)24(30)16-18-14-21(31-2)25(33-4)22(15-18)32-3/h6-9,14-15H,5,10-13,16-17H2,1-4H3,(H,26,29). The van der Waals surface area contributed by atoms with E-state index in [1.807, 2.05) is 29.2 Å².